The first kappa shape index (κ1) is 19.4. The molecule has 2 unspecified atom stereocenters. The minimum Gasteiger partial charge on any atom is -0.435 e. The Kier molecular flexibility index (Phi) is 5.86. The van der Waals surface area contributed by atoms with Gasteiger partial charge in [0.05, 0.1) is 0 Å². The van der Waals surface area contributed by atoms with Crippen molar-refractivity contribution in [1.29, 1.82) is 0 Å². The van der Waals surface area contributed by atoms with Crippen LogP contribution in [0.2, 0.25) is 0 Å². The summed E-state index contributed by atoms with van der Waals surface area (Å²) in [6.07, 6.45) is -9.06. The number of nitrogens with zero attached hydrogens (tertiary/aromatic N) is 2. The minimum absolute atomic E-state index is 0.140. The fourth-order valence-electron chi connectivity index (χ4n) is 2.04. The van der Waals surface area contributed by atoms with E-state index in [2.05, 4.69) is 9.73 Å². The predicted octanol–water partition coefficient (Wildman–Crippen LogP) is 4.01. The molecule has 0 saturated carbocycles. The van der Waals surface area contributed by atoms with E-state index in [-0.39, 0.29) is 28.4 Å². The van der Waals surface area contributed by atoms with Crippen molar-refractivity contribution in [2.75, 3.05) is 11.4 Å². The number of carbonyl (C=O) groups excluding carboxylic acids is 1. The van der Waals surface area contributed by atoms with Crippen molar-refractivity contribution >= 4 is 28.5 Å². The van der Waals surface area contributed by atoms with Crippen LogP contribution in [0.3, 0.4) is 0 Å². The molecule has 1 heterocycles. The first-order chi connectivity index (χ1) is 11.6. The topological polar surface area (TPSA) is 41.9 Å². The highest BCUT2D eigenvalue weighted by Crippen LogP contribution is 2.33. The lowest BCUT2D eigenvalue weighted by molar-refractivity contribution is -0.184. The summed E-state index contributed by atoms with van der Waals surface area (Å²) < 4.78 is 78.7. The first-order valence-electron chi connectivity index (χ1n) is 6.90. The van der Waals surface area contributed by atoms with Crippen LogP contribution in [0.4, 0.5) is 32.0 Å². The summed E-state index contributed by atoms with van der Waals surface area (Å²) in [6.45, 7) is -1.07. The third-order valence-corrected chi connectivity index (χ3v) is 4.12. The van der Waals surface area contributed by atoms with Crippen molar-refractivity contribution in [2.45, 2.75) is 31.1 Å². The fourth-order valence-corrected chi connectivity index (χ4v) is 3.07. The predicted molar refractivity (Wildman–Crippen MR) is 80.9 cm³/mol. The number of ether oxygens (including phenoxy) is 1. The highest BCUT2D eigenvalue weighted by molar-refractivity contribution is 8.15. The quantitative estimate of drug-likeness (QED) is 0.734. The lowest BCUT2D eigenvalue weighted by atomic mass is 10.2. The van der Waals surface area contributed by atoms with Gasteiger partial charge in [-0.3, -0.25) is 4.79 Å². The van der Waals surface area contributed by atoms with Gasteiger partial charge in [-0.05, 0) is 12.1 Å². The Bertz CT molecular complexity index is 667. The molecule has 11 heteroatoms. The van der Waals surface area contributed by atoms with Gasteiger partial charge in [-0.1, -0.05) is 24.8 Å². The maximum atomic E-state index is 13.1. The van der Waals surface area contributed by atoms with Crippen LogP contribution in [0.15, 0.2) is 29.3 Å². The Hall–Kier alpha value is -1.91. The van der Waals surface area contributed by atoms with Crippen LogP contribution < -0.4 is 9.64 Å². The van der Waals surface area contributed by atoms with Gasteiger partial charge in [-0.15, -0.1) is 0 Å². The Morgan fingerprint density at radius 3 is 2.64 bits per heavy atom. The number of halogens is 6. The van der Waals surface area contributed by atoms with Crippen LogP contribution in [-0.2, 0) is 4.79 Å². The molecule has 0 bridgehead atoms. The van der Waals surface area contributed by atoms with Gasteiger partial charge in [0, 0.05) is 23.5 Å². The van der Waals surface area contributed by atoms with Gasteiger partial charge in [-0.2, -0.15) is 26.9 Å². The molecule has 0 radical (unpaired) electrons. The normalized spacial score (nSPS) is 21.0. The van der Waals surface area contributed by atoms with Crippen LogP contribution in [0.1, 0.15) is 6.92 Å². The van der Waals surface area contributed by atoms with E-state index in [0.717, 1.165) is 11.8 Å². The Balaban J connectivity index is 2.27. The van der Waals surface area contributed by atoms with Gasteiger partial charge >= 0.3 is 12.8 Å². The SMILES string of the molecule is CC1CN(c2cccc(OC(F)F)c2)C(=NC(=O)C(F)C(F)(F)F)S1. The summed E-state index contributed by atoms with van der Waals surface area (Å²) >= 11 is 0.977. The van der Waals surface area contributed by atoms with E-state index in [1.54, 1.807) is 6.92 Å². The molecule has 2 atom stereocenters. The molecule has 2 rings (SSSR count). The van der Waals surface area contributed by atoms with Crippen molar-refractivity contribution < 1.29 is 35.9 Å². The first-order valence-corrected chi connectivity index (χ1v) is 7.78. The molecule has 1 aliphatic rings. The number of rotatable bonds is 4. The number of amides is 1. The van der Waals surface area contributed by atoms with E-state index in [0.29, 0.717) is 0 Å². The van der Waals surface area contributed by atoms with Gasteiger partial charge < -0.3 is 9.64 Å². The number of hydrogen-bond donors (Lipinski definition) is 0. The summed E-state index contributed by atoms with van der Waals surface area (Å²) in [5.74, 6) is -2.13. The molecule has 0 aromatic heterocycles. The van der Waals surface area contributed by atoms with Crippen molar-refractivity contribution in [1.82, 2.24) is 0 Å². The van der Waals surface area contributed by atoms with Gasteiger partial charge in [0.15, 0.2) is 5.17 Å². The maximum absolute atomic E-state index is 13.1. The fraction of sp³-hybridized carbons (Fsp3) is 0.429. The second-order valence-electron chi connectivity index (χ2n) is 5.05. The summed E-state index contributed by atoms with van der Waals surface area (Å²) in [4.78, 5) is 16.0. The van der Waals surface area contributed by atoms with Crippen molar-refractivity contribution in [3.63, 3.8) is 0 Å². The van der Waals surface area contributed by atoms with Crippen molar-refractivity contribution in [3.8, 4) is 5.75 Å². The number of carbonyl (C=O) groups is 1. The number of benzene rings is 1. The molecule has 25 heavy (non-hydrogen) atoms. The monoisotopic (exact) mass is 386 g/mol. The van der Waals surface area contributed by atoms with E-state index in [1.807, 2.05) is 0 Å². The summed E-state index contributed by atoms with van der Waals surface area (Å²) in [5, 5.41) is -0.297. The lowest BCUT2D eigenvalue weighted by Crippen LogP contribution is -2.33. The average Bonchev–Trinajstić information content (AvgIpc) is 2.85. The smallest absolute Gasteiger partial charge is 0.428 e. The number of hydrogen-bond acceptors (Lipinski definition) is 3. The maximum Gasteiger partial charge on any atom is 0.428 e. The molecule has 138 valence electrons. The highest BCUT2D eigenvalue weighted by Gasteiger charge is 2.46. The molecular formula is C14H12F6N2O2S. The average molecular weight is 386 g/mol. The number of aliphatic imine (C=N–C) groups is 1. The van der Waals surface area contributed by atoms with Crippen molar-refractivity contribution in [2.24, 2.45) is 4.99 Å². The molecule has 1 fully saturated rings. The molecule has 0 spiro atoms. The standard InChI is InChI=1S/C14H12F6N2O2S/c1-7-6-22(8-3-2-4-9(5-8)24-12(16)17)13(25-7)21-11(23)10(15)14(18,19)20/h2-5,7,10,12H,6H2,1H3. The van der Waals surface area contributed by atoms with Gasteiger partial charge in [-0.25, -0.2) is 4.39 Å². The molecule has 1 amide bonds. The van der Waals surface area contributed by atoms with E-state index in [9.17, 15) is 31.1 Å². The van der Waals surface area contributed by atoms with E-state index in [4.69, 9.17) is 0 Å². The Labute approximate surface area is 142 Å². The number of amidine groups is 1. The number of alkyl halides is 6. The molecule has 0 aliphatic carbocycles. The van der Waals surface area contributed by atoms with Gasteiger partial charge in [0.1, 0.15) is 5.75 Å². The Morgan fingerprint density at radius 1 is 1.36 bits per heavy atom. The summed E-state index contributed by atoms with van der Waals surface area (Å²) in [5.41, 5.74) is 0.281. The lowest BCUT2D eigenvalue weighted by Gasteiger charge is -2.19. The zero-order chi connectivity index (χ0) is 18.8. The largest absolute Gasteiger partial charge is 0.435 e. The van der Waals surface area contributed by atoms with Crippen LogP contribution in [0, 0.1) is 0 Å². The highest BCUT2D eigenvalue weighted by atomic mass is 32.2. The third-order valence-electron chi connectivity index (χ3n) is 3.04. The van der Waals surface area contributed by atoms with Crippen molar-refractivity contribution in [3.05, 3.63) is 24.3 Å². The van der Waals surface area contributed by atoms with Crippen LogP contribution >= 0.6 is 11.8 Å². The second-order valence-corrected chi connectivity index (χ2v) is 6.46. The van der Waals surface area contributed by atoms with Gasteiger partial charge in [0.25, 0.3) is 12.1 Å². The number of anilines is 1. The molecule has 1 aromatic rings. The second kappa shape index (κ2) is 7.54. The van der Waals surface area contributed by atoms with Crippen LogP contribution in [0.25, 0.3) is 0 Å². The molecular weight excluding hydrogens is 374 g/mol. The zero-order valence-electron chi connectivity index (χ0n) is 12.6. The molecule has 1 saturated heterocycles. The summed E-state index contributed by atoms with van der Waals surface area (Å²) in [7, 11) is 0. The van der Waals surface area contributed by atoms with E-state index < -0.39 is 24.9 Å². The van der Waals surface area contributed by atoms with E-state index in [1.165, 1.54) is 29.2 Å². The summed E-state index contributed by atoms with van der Waals surface area (Å²) in [6, 6.07) is 5.37. The number of thioether (sulfide) groups is 1. The van der Waals surface area contributed by atoms with E-state index >= 15 is 0 Å². The minimum atomic E-state index is -5.34. The zero-order valence-corrected chi connectivity index (χ0v) is 13.5. The Morgan fingerprint density at radius 2 is 2.04 bits per heavy atom. The van der Waals surface area contributed by atoms with Crippen LogP contribution in [-0.4, -0.2) is 41.8 Å². The molecule has 0 N–H and O–H groups in total. The van der Waals surface area contributed by atoms with Gasteiger partial charge in [0.2, 0.25) is 0 Å². The van der Waals surface area contributed by atoms with Crippen LogP contribution in [0.5, 0.6) is 5.75 Å². The molecule has 4 nitrogen and oxygen atoms in total. The third kappa shape index (κ3) is 5.03. The molecule has 1 aromatic carbocycles. The molecule has 1 aliphatic heterocycles.